The first-order valence-electron chi connectivity index (χ1n) is 6.67. The highest BCUT2D eigenvalue weighted by Gasteiger charge is 2.17. The van der Waals surface area contributed by atoms with E-state index in [0.29, 0.717) is 6.10 Å². The highest BCUT2D eigenvalue weighted by Crippen LogP contribution is 2.18. The molecule has 1 aliphatic heterocycles. The maximum atomic E-state index is 10.5. The molecule has 0 bridgehead atoms. The van der Waals surface area contributed by atoms with Crippen molar-refractivity contribution in [1.82, 2.24) is 10.3 Å². The number of carbonyl (C=O) groups excluding carboxylic acids is 1. The summed E-state index contributed by atoms with van der Waals surface area (Å²) in [4.78, 5) is 12.8. The Morgan fingerprint density at radius 1 is 1.40 bits per heavy atom. The lowest BCUT2D eigenvalue weighted by Gasteiger charge is -2.29. The van der Waals surface area contributed by atoms with Crippen LogP contribution in [-0.2, 0) is 0 Å². The van der Waals surface area contributed by atoms with Gasteiger partial charge in [-0.05, 0) is 49.7 Å². The topological polar surface area (TPSA) is 79.9 Å². The van der Waals surface area contributed by atoms with Gasteiger partial charge in [0.2, 0.25) is 0 Å². The number of benzene rings is 1. The molecule has 0 spiro atoms. The number of nitrogens with one attached hydrogen (secondary N) is 1. The maximum Gasteiger partial charge on any atom is 0.332 e. The average molecular weight is 276 g/mol. The molecular formula is C14H20N4O2. The standard InChI is InChI=1S/C14H20N4O2/c1-18-8-6-13(7-9-18)20-12-4-2-11(3-5-12)10-16-17-14(15)19/h2-5,10,13H,6-9H2,1H3,(H3,15,17,19). The molecule has 0 saturated carbocycles. The van der Waals surface area contributed by atoms with Crippen molar-refractivity contribution in [2.24, 2.45) is 10.8 Å². The molecule has 1 aromatic carbocycles. The SMILES string of the molecule is CN1CCC(Oc2ccc(C=NNC(N)=O)cc2)CC1. The van der Waals surface area contributed by atoms with E-state index in [1.807, 2.05) is 24.3 Å². The van der Waals surface area contributed by atoms with Gasteiger partial charge in [-0.15, -0.1) is 0 Å². The molecule has 3 N–H and O–H groups in total. The Balaban J connectivity index is 1.85. The summed E-state index contributed by atoms with van der Waals surface area (Å²) in [5, 5.41) is 3.70. The molecule has 20 heavy (non-hydrogen) atoms. The van der Waals surface area contributed by atoms with Gasteiger partial charge in [0.1, 0.15) is 11.9 Å². The summed E-state index contributed by atoms with van der Waals surface area (Å²) in [5.74, 6) is 0.861. The van der Waals surface area contributed by atoms with Gasteiger partial charge in [-0.25, -0.2) is 10.2 Å². The number of amides is 2. The third kappa shape index (κ3) is 4.55. The van der Waals surface area contributed by atoms with Gasteiger partial charge in [0.15, 0.2) is 0 Å². The van der Waals surface area contributed by atoms with E-state index in [4.69, 9.17) is 10.5 Å². The van der Waals surface area contributed by atoms with Crippen LogP contribution in [0.2, 0.25) is 0 Å². The molecule has 0 radical (unpaired) electrons. The number of ether oxygens (including phenoxy) is 1. The second-order valence-corrected chi connectivity index (χ2v) is 4.92. The number of likely N-dealkylation sites (tertiary alicyclic amines) is 1. The van der Waals surface area contributed by atoms with Crippen LogP contribution in [0.5, 0.6) is 5.75 Å². The minimum absolute atomic E-state index is 0.294. The van der Waals surface area contributed by atoms with Gasteiger partial charge >= 0.3 is 6.03 Å². The van der Waals surface area contributed by atoms with E-state index < -0.39 is 6.03 Å². The molecule has 0 aromatic heterocycles. The second-order valence-electron chi connectivity index (χ2n) is 4.92. The third-order valence-corrected chi connectivity index (χ3v) is 3.24. The number of urea groups is 1. The van der Waals surface area contributed by atoms with Crippen LogP contribution in [0.4, 0.5) is 4.79 Å². The van der Waals surface area contributed by atoms with Crippen molar-refractivity contribution in [3.05, 3.63) is 29.8 Å². The predicted octanol–water partition coefficient (Wildman–Crippen LogP) is 1.16. The van der Waals surface area contributed by atoms with Crippen molar-refractivity contribution in [1.29, 1.82) is 0 Å². The first kappa shape index (κ1) is 14.3. The van der Waals surface area contributed by atoms with Crippen LogP contribution in [0.1, 0.15) is 18.4 Å². The molecule has 0 unspecified atom stereocenters. The van der Waals surface area contributed by atoms with Crippen LogP contribution in [0.15, 0.2) is 29.4 Å². The van der Waals surface area contributed by atoms with Gasteiger partial charge in [0.05, 0.1) is 6.21 Å². The largest absolute Gasteiger partial charge is 0.490 e. The van der Waals surface area contributed by atoms with Gasteiger partial charge in [-0.1, -0.05) is 0 Å². The van der Waals surface area contributed by atoms with Crippen LogP contribution in [0, 0.1) is 0 Å². The zero-order chi connectivity index (χ0) is 14.4. The number of rotatable bonds is 4. The van der Waals surface area contributed by atoms with E-state index in [2.05, 4.69) is 22.5 Å². The zero-order valence-electron chi connectivity index (χ0n) is 11.6. The van der Waals surface area contributed by atoms with E-state index in [0.717, 1.165) is 37.2 Å². The molecule has 1 heterocycles. The number of piperidine rings is 1. The molecule has 0 aliphatic carbocycles. The summed E-state index contributed by atoms with van der Waals surface area (Å²) in [6.45, 7) is 2.16. The summed E-state index contributed by atoms with van der Waals surface area (Å²) in [6.07, 6.45) is 3.94. The van der Waals surface area contributed by atoms with Crippen LogP contribution in [-0.4, -0.2) is 43.4 Å². The zero-order valence-corrected chi connectivity index (χ0v) is 11.6. The number of carbonyl (C=O) groups is 1. The third-order valence-electron chi connectivity index (χ3n) is 3.24. The lowest BCUT2D eigenvalue weighted by atomic mass is 10.1. The van der Waals surface area contributed by atoms with Crippen molar-refractivity contribution in [2.75, 3.05) is 20.1 Å². The quantitative estimate of drug-likeness (QED) is 0.639. The molecular weight excluding hydrogens is 256 g/mol. The number of hydrazone groups is 1. The van der Waals surface area contributed by atoms with E-state index in [1.165, 1.54) is 6.21 Å². The fourth-order valence-corrected chi connectivity index (χ4v) is 2.10. The number of hydrogen-bond acceptors (Lipinski definition) is 4. The van der Waals surface area contributed by atoms with Crippen molar-refractivity contribution >= 4 is 12.2 Å². The predicted molar refractivity (Wildman–Crippen MR) is 77.9 cm³/mol. The van der Waals surface area contributed by atoms with Gasteiger partial charge in [0, 0.05) is 13.1 Å². The van der Waals surface area contributed by atoms with Gasteiger partial charge in [0.25, 0.3) is 0 Å². The molecule has 1 aromatic rings. The molecule has 1 fully saturated rings. The Labute approximate surface area is 118 Å². The number of nitrogens with two attached hydrogens (primary N) is 1. The Morgan fingerprint density at radius 3 is 2.65 bits per heavy atom. The van der Waals surface area contributed by atoms with Gasteiger partial charge < -0.3 is 15.4 Å². The summed E-state index contributed by atoms with van der Waals surface area (Å²) in [6, 6.07) is 6.91. The molecule has 6 nitrogen and oxygen atoms in total. The summed E-state index contributed by atoms with van der Waals surface area (Å²) >= 11 is 0. The molecule has 2 amide bonds. The highest BCUT2D eigenvalue weighted by atomic mass is 16.5. The van der Waals surface area contributed by atoms with Crippen LogP contribution in [0.25, 0.3) is 0 Å². The molecule has 108 valence electrons. The minimum Gasteiger partial charge on any atom is -0.490 e. The Bertz CT molecular complexity index is 465. The molecule has 6 heteroatoms. The van der Waals surface area contributed by atoms with E-state index in [9.17, 15) is 4.79 Å². The number of nitrogens with zero attached hydrogens (tertiary/aromatic N) is 2. The number of primary amides is 1. The van der Waals surface area contributed by atoms with Crippen molar-refractivity contribution in [2.45, 2.75) is 18.9 Å². The van der Waals surface area contributed by atoms with Crippen molar-refractivity contribution < 1.29 is 9.53 Å². The summed E-state index contributed by atoms with van der Waals surface area (Å²) < 4.78 is 5.94. The van der Waals surface area contributed by atoms with Crippen molar-refractivity contribution in [3.63, 3.8) is 0 Å². The second kappa shape index (κ2) is 6.91. The van der Waals surface area contributed by atoms with Crippen LogP contribution in [0.3, 0.4) is 0 Å². The highest BCUT2D eigenvalue weighted by molar-refractivity contribution is 5.81. The molecule has 1 aliphatic rings. The average Bonchev–Trinajstić information content (AvgIpc) is 2.43. The van der Waals surface area contributed by atoms with E-state index >= 15 is 0 Å². The maximum absolute atomic E-state index is 10.5. The molecule has 0 atom stereocenters. The first-order valence-corrected chi connectivity index (χ1v) is 6.67. The van der Waals surface area contributed by atoms with E-state index in [1.54, 1.807) is 0 Å². The smallest absolute Gasteiger partial charge is 0.332 e. The van der Waals surface area contributed by atoms with Crippen molar-refractivity contribution in [3.8, 4) is 5.75 Å². The minimum atomic E-state index is -0.677. The molecule has 1 saturated heterocycles. The fraction of sp³-hybridized carbons (Fsp3) is 0.429. The van der Waals surface area contributed by atoms with E-state index in [-0.39, 0.29) is 0 Å². The lowest BCUT2D eigenvalue weighted by Crippen LogP contribution is -2.35. The number of hydrogen-bond donors (Lipinski definition) is 2. The Morgan fingerprint density at radius 2 is 2.05 bits per heavy atom. The first-order chi connectivity index (χ1) is 9.63. The molecule has 2 rings (SSSR count). The lowest BCUT2D eigenvalue weighted by molar-refractivity contribution is 0.114. The summed E-state index contributed by atoms with van der Waals surface area (Å²) in [5.41, 5.74) is 7.93. The fourth-order valence-electron chi connectivity index (χ4n) is 2.10. The normalized spacial score (nSPS) is 17.2. The van der Waals surface area contributed by atoms with Crippen LogP contribution >= 0.6 is 0 Å². The van der Waals surface area contributed by atoms with Gasteiger partial charge in [-0.3, -0.25) is 0 Å². The Hall–Kier alpha value is -2.08. The van der Waals surface area contributed by atoms with Gasteiger partial charge in [-0.2, -0.15) is 5.10 Å². The Kier molecular flexibility index (Phi) is 4.95. The summed E-state index contributed by atoms with van der Waals surface area (Å²) in [7, 11) is 2.13. The van der Waals surface area contributed by atoms with Crippen LogP contribution < -0.4 is 15.9 Å². The monoisotopic (exact) mass is 276 g/mol.